The van der Waals surface area contributed by atoms with Crippen molar-refractivity contribution in [3.05, 3.63) is 79.0 Å². The van der Waals surface area contributed by atoms with Crippen LogP contribution in [0.2, 0.25) is 0 Å². The van der Waals surface area contributed by atoms with Gasteiger partial charge < -0.3 is 19.7 Å². The van der Waals surface area contributed by atoms with Crippen molar-refractivity contribution in [3.8, 4) is 11.1 Å². The fraction of sp³-hybridized carbons (Fsp3) is 0.276. The molecule has 1 N–H and O–H groups in total. The molecule has 2 aromatic carbocycles. The number of nitrogens with zero attached hydrogens (tertiary/aromatic N) is 6. The van der Waals surface area contributed by atoms with Gasteiger partial charge in [-0.15, -0.1) is 0 Å². The maximum atomic E-state index is 4.69. The number of rotatable bonds is 5. The first kappa shape index (κ1) is 22.5. The highest BCUT2D eigenvalue weighted by molar-refractivity contribution is 5.97. The van der Waals surface area contributed by atoms with Gasteiger partial charge in [-0.25, -0.2) is 0 Å². The molecule has 3 aromatic heterocycles. The number of fused-ring (bicyclic) bond motifs is 2. The van der Waals surface area contributed by atoms with E-state index in [0.717, 1.165) is 54.0 Å². The Labute approximate surface area is 211 Å². The Morgan fingerprint density at radius 1 is 0.889 bits per heavy atom. The minimum absolute atomic E-state index is 0.0747. The third kappa shape index (κ3) is 4.16. The van der Waals surface area contributed by atoms with E-state index >= 15 is 0 Å². The van der Waals surface area contributed by atoms with Crippen LogP contribution in [0.1, 0.15) is 18.5 Å². The maximum Gasteiger partial charge on any atom is 0.0966 e. The van der Waals surface area contributed by atoms with Gasteiger partial charge in [-0.1, -0.05) is 12.1 Å². The van der Waals surface area contributed by atoms with Crippen LogP contribution in [0.25, 0.3) is 33.1 Å². The van der Waals surface area contributed by atoms with E-state index in [-0.39, 0.29) is 6.04 Å². The van der Waals surface area contributed by atoms with E-state index in [1.54, 1.807) is 12.4 Å². The van der Waals surface area contributed by atoms with Gasteiger partial charge >= 0.3 is 0 Å². The molecule has 0 bridgehead atoms. The molecule has 1 aliphatic rings. The van der Waals surface area contributed by atoms with E-state index in [1.165, 1.54) is 22.2 Å². The molecule has 1 saturated heterocycles. The number of benzene rings is 2. The fourth-order valence-electron chi connectivity index (χ4n) is 5.20. The van der Waals surface area contributed by atoms with Gasteiger partial charge in [0.15, 0.2) is 0 Å². The van der Waals surface area contributed by atoms with Gasteiger partial charge in [0.25, 0.3) is 0 Å². The first-order valence-electron chi connectivity index (χ1n) is 12.5. The van der Waals surface area contributed by atoms with Crippen molar-refractivity contribution < 1.29 is 0 Å². The summed E-state index contributed by atoms with van der Waals surface area (Å²) in [5.41, 5.74) is 8.66. The van der Waals surface area contributed by atoms with E-state index in [1.807, 2.05) is 12.4 Å². The summed E-state index contributed by atoms with van der Waals surface area (Å²) in [6.45, 7) is 6.39. The molecule has 0 amide bonds. The van der Waals surface area contributed by atoms with Gasteiger partial charge in [0.2, 0.25) is 0 Å². The molecule has 1 fully saturated rings. The van der Waals surface area contributed by atoms with Crippen LogP contribution in [-0.2, 0) is 7.05 Å². The third-order valence-corrected chi connectivity index (χ3v) is 7.29. The summed E-state index contributed by atoms with van der Waals surface area (Å²) in [6.07, 6.45) is 9.51. The van der Waals surface area contributed by atoms with Crippen LogP contribution < -0.4 is 10.2 Å². The second-order valence-electron chi connectivity index (χ2n) is 9.74. The second-order valence-corrected chi connectivity index (χ2v) is 9.74. The van der Waals surface area contributed by atoms with Gasteiger partial charge in [0, 0.05) is 92.2 Å². The van der Waals surface area contributed by atoms with E-state index in [2.05, 4.69) is 104 Å². The van der Waals surface area contributed by atoms with Crippen molar-refractivity contribution in [1.82, 2.24) is 24.4 Å². The van der Waals surface area contributed by atoms with Crippen molar-refractivity contribution >= 4 is 33.3 Å². The summed E-state index contributed by atoms with van der Waals surface area (Å²) >= 11 is 0. The van der Waals surface area contributed by atoms with Gasteiger partial charge in [0.05, 0.1) is 17.1 Å². The Morgan fingerprint density at radius 3 is 2.58 bits per heavy atom. The number of likely N-dealkylation sites (N-methyl/N-ethyl adjacent to an activating group) is 1. The summed E-state index contributed by atoms with van der Waals surface area (Å²) in [5, 5.41) is 4.97. The first-order valence-corrected chi connectivity index (χ1v) is 12.5. The lowest BCUT2D eigenvalue weighted by Crippen LogP contribution is -2.45. The maximum absolute atomic E-state index is 4.69. The predicted octanol–water partition coefficient (Wildman–Crippen LogP) is 5.11. The molecule has 1 aliphatic heterocycles. The Bertz CT molecular complexity index is 1530. The summed E-state index contributed by atoms with van der Waals surface area (Å²) < 4.78 is 2.15. The highest BCUT2D eigenvalue weighted by atomic mass is 15.2. The zero-order chi connectivity index (χ0) is 24.6. The lowest BCUT2D eigenvalue weighted by molar-refractivity contribution is 0.312. The number of aryl methyl sites for hydroxylation is 1. The Kier molecular flexibility index (Phi) is 5.77. The Balaban J connectivity index is 1.37. The minimum atomic E-state index is 0.0747. The van der Waals surface area contributed by atoms with Gasteiger partial charge in [-0.3, -0.25) is 15.0 Å². The molecular weight excluding hydrogens is 446 g/mol. The second kappa shape index (κ2) is 9.24. The molecule has 7 heteroatoms. The van der Waals surface area contributed by atoms with E-state index in [4.69, 9.17) is 0 Å². The smallest absolute Gasteiger partial charge is 0.0966 e. The summed E-state index contributed by atoms with van der Waals surface area (Å²) in [4.78, 5) is 18.6. The van der Waals surface area contributed by atoms with Crippen molar-refractivity contribution in [2.75, 3.05) is 43.4 Å². The molecular formula is C29H31N7. The van der Waals surface area contributed by atoms with Gasteiger partial charge in [0.1, 0.15) is 0 Å². The predicted molar refractivity (Wildman–Crippen MR) is 147 cm³/mol. The zero-order valence-corrected chi connectivity index (χ0v) is 21.0. The number of hydrogen-bond donors (Lipinski definition) is 1. The van der Waals surface area contributed by atoms with Crippen LogP contribution >= 0.6 is 0 Å². The molecule has 1 unspecified atom stereocenters. The topological polar surface area (TPSA) is 62.1 Å². The van der Waals surface area contributed by atoms with Crippen LogP contribution in [0.5, 0.6) is 0 Å². The molecule has 4 heterocycles. The largest absolute Gasteiger partial charge is 0.378 e. The minimum Gasteiger partial charge on any atom is -0.378 e. The fourth-order valence-corrected chi connectivity index (χ4v) is 5.20. The standard InChI is InChI=1S/C29H31N7/c1-20(25-19-30-8-6-27(25)36-14-12-34(2)13-15-36)33-23-17-24(29-26(18-23)31-9-10-32-29)22-5-4-21-7-11-35(3)28(21)16-22/h4-11,16-20,33H,12-15H2,1-3H3. The zero-order valence-electron chi connectivity index (χ0n) is 21.0. The van der Waals surface area contributed by atoms with Crippen LogP contribution in [0.15, 0.2) is 73.4 Å². The molecule has 0 radical (unpaired) electrons. The molecule has 182 valence electrons. The first-order chi connectivity index (χ1) is 17.6. The highest BCUT2D eigenvalue weighted by Gasteiger charge is 2.20. The summed E-state index contributed by atoms with van der Waals surface area (Å²) in [7, 11) is 4.26. The van der Waals surface area contributed by atoms with Crippen LogP contribution in [0, 0.1) is 0 Å². The number of anilines is 2. The Hall–Kier alpha value is -3.97. The molecule has 0 spiro atoms. The number of nitrogens with one attached hydrogen (secondary N) is 1. The van der Waals surface area contributed by atoms with Crippen LogP contribution in [0.4, 0.5) is 11.4 Å². The summed E-state index contributed by atoms with van der Waals surface area (Å²) in [6, 6.07) is 15.2. The molecule has 5 aromatic rings. The van der Waals surface area contributed by atoms with E-state index in [0.29, 0.717) is 0 Å². The number of pyridine rings is 1. The SMILES string of the molecule is CC(Nc1cc(-c2ccc3ccn(C)c3c2)c2nccnc2c1)c1cnccc1N1CCN(C)CC1. The average Bonchev–Trinajstić information content (AvgIpc) is 3.28. The summed E-state index contributed by atoms with van der Waals surface area (Å²) in [5.74, 6) is 0. The normalized spacial score (nSPS) is 15.5. The lowest BCUT2D eigenvalue weighted by atomic mass is 10.0. The molecule has 0 aliphatic carbocycles. The van der Waals surface area contributed by atoms with Gasteiger partial charge in [-0.05, 0) is 55.3 Å². The quantitative estimate of drug-likeness (QED) is 0.380. The van der Waals surface area contributed by atoms with Gasteiger partial charge in [-0.2, -0.15) is 0 Å². The molecule has 6 rings (SSSR count). The molecule has 36 heavy (non-hydrogen) atoms. The number of hydrogen-bond acceptors (Lipinski definition) is 6. The monoisotopic (exact) mass is 477 g/mol. The van der Waals surface area contributed by atoms with Crippen molar-refractivity contribution in [2.24, 2.45) is 7.05 Å². The van der Waals surface area contributed by atoms with E-state index < -0.39 is 0 Å². The van der Waals surface area contributed by atoms with Crippen molar-refractivity contribution in [2.45, 2.75) is 13.0 Å². The molecule has 1 atom stereocenters. The average molecular weight is 478 g/mol. The number of piperazine rings is 1. The highest BCUT2D eigenvalue weighted by Crippen LogP contribution is 2.34. The van der Waals surface area contributed by atoms with E-state index in [9.17, 15) is 0 Å². The lowest BCUT2D eigenvalue weighted by Gasteiger charge is -2.36. The number of aromatic nitrogens is 4. The Morgan fingerprint density at radius 2 is 1.72 bits per heavy atom. The van der Waals surface area contributed by atoms with Crippen molar-refractivity contribution in [3.63, 3.8) is 0 Å². The van der Waals surface area contributed by atoms with Crippen LogP contribution in [-0.4, -0.2) is 57.6 Å². The van der Waals surface area contributed by atoms with Crippen molar-refractivity contribution in [1.29, 1.82) is 0 Å². The molecule has 0 saturated carbocycles. The van der Waals surface area contributed by atoms with Crippen LogP contribution in [0.3, 0.4) is 0 Å². The third-order valence-electron chi connectivity index (χ3n) is 7.29. The molecule has 7 nitrogen and oxygen atoms in total.